The Morgan fingerprint density at radius 2 is 1.46 bits per heavy atom. The first kappa shape index (κ1) is 16.4. The summed E-state index contributed by atoms with van der Waals surface area (Å²) < 4.78 is 15.0. The van der Waals surface area contributed by atoms with E-state index in [1.165, 1.54) is 17.7 Å². The van der Waals surface area contributed by atoms with Crippen LogP contribution in [-0.2, 0) is 0 Å². The molecule has 3 aromatic carbocycles. The third kappa shape index (κ3) is 2.95. The van der Waals surface area contributed by atoms with E-state index in [-0.39, 0.29) is 11.9 Å². The molecule has 1 aliphatic rings. The smallest absolute Gasteiger partial charge is 0.248 e. The molecule has 5 nitrogen and oxygen atoms in total. The number of tetrazole rings is 1. The van der Waals surface area contributed by atoms with Gasteiger partial charge in [-0.1, -0.05) is 71.8 Å². The van der Waals surface area contributed by atoms with E-state index in [0.29, 0.717) is 5.95 Å². The summed E-state index contributed by atoms with van der Waals surface area (Å²) in [5.41, 5.74) is 5.18. The molecule has 0 amide bonds. The second-order valence-corrected chi connectivity index (χ2v) is 6.59. The number of anilines is 1. The molecule has 0 fully saturated rings. The minimum atomic E-state index is -0.268. The molecule has 0 radical (unpaired) electrons. The zero-order valence-electron chi connectivity index (χ0n) is 14.8. The van der Waals surface area contributed by atoms with E-state index in [9.17, 15) is 4.39 Å². The number of aromatic nitrogens is 4. The van der Waals surface area contributed by atoms with E-state index in [1.54, 1.807) is 16.8 Å². The van der Waals surface area contributed by atoms with Crippen LogP contribution in [-0.4, -0.2) is 20.2 Å². The summed E-state index contributed by atoms with van der Waals surface area (Å²) >= 11 is 0. The van der Waals surface area contributed by atoms with Crippen molar-refractivity contribution < 1.29 is 4.39 Å². The second-order valence-electron chi connectivity index (χ2n) is 6.59. The molecule has 1 aliphatic heterocycles. The number of nitrogens with one attached hydrogen (secondary N) is 1. The number of rotatable bonds is 3. The molecule has 6 heteroatoms. The minimum absolute atomic E-state index is 0.212. The highest BCUT2D eigenvalue weighted by molar-refractivity contribution is 5.78. The molecule has 5 rings (SSSR count). The maximum Gasteiger partial charge on any atom is 0.248 e. The molecule has 2 heterocycles. The molecule has 28 heavy (non-hydrogen) atoms. The van der Waals surface area contributed by atoms with Gasteiger partial charge in [-0.25, -0.2) is 4.39 Å². The van der Waals surface area contributed by atoms with Gasteiger partial charge in [0.15, 0.2) is 0 Å². The van der Waals surface area contributed by atoms with Crippen molar-refractivity contribution in [3.8, 4) is 11.1 Å². The predicted octanol–water partition coefficient (Wildman–Crippen LogP) is 4.54. The zero-order valence-corrected chi connectivity index (χ0v) is 14.8. The van der Waals surface area contributed by atoms with Gasteiger partial charge in [0.25, 0.3) is 0 Å². The largest absolute Gasteiger partial charge is 0.323 e. The number of nitrogens with zero attached hydrogens (tertiary/aromatic N) is 4. The predicted molar refractivity (Wildman–Crippen MR) is 106 cm³/mol. The van der Waals surface area contributed by atoms with Crippen LogP contribution in [0, 0.1) is 5.82 Å². The number of hydrogen-bond donors (Lipinski definition) is 1. The first-order valence-corrected chi connectivity index (χ1v) is 8.96. The van der Waals surface area contributed by atoms with Crippen molar-refractivity contribution in [1.29, 1.82) is 0 Å². The van der Waals surface area contributed by atoms with Gasteiger partial charge in [0, 0.05) is 5.70 Å². The lowest BCUT2D eigenvalue weighted by Crippen LogP contribution is -2.20. The lowest BCUT2D eigenvalue weighted by atomic mass is 9.99. The first-order valence-electron chi connectivity index (χ1n) is 8.96. The Morgan fingerprint density at radius 1 is 0.786 bits per heavy atom. The van der Waals surface area contributed by atoms with Gasteiger partial charge in [-0.15, -0.1) is 0 Å². The van der Waals surface area contributed by atoms with E-state index in [2.05, 4.69) is 57.2 Å². The number of allylic oxidation sites excluding steroid dienone is 1. The minimum Gasteiger partial charge on any atom is -0.323 e. The highest BCUT2D eigenvalue weighted by Gasteiger charge is 2.24. The molecule has 0 spiro atoms. The normalized spacial score (nSPS) is 15.5. The summed E-state index contributed by atoms with van der Waals surface area (Å²) in [6.45, 7) is 0. The summed E-state index contributed by atoms with van der Waals surface area (Å²) in [6.07, 6.45) is 2.05. The quantitative estimate of drug-likeness (QED) is 0.576. The Labute approximate surface area is 161 Å². The van der Waals surface area contributed by atoms with Crippen molar-refractivity contribution in [2.45, 2.75) is 6.04 Å². The van der Waals surface area contributed by atoms with Crippen LogP contribution in [0.15, 0.2) is 84.9 Å². The lowest BCUT2D eigenvalue weighted by molar-refractivity contribution is 0.582. The third-order valence-electron chi connectivity index (χ3n) is 4.84. The summed E-state index contributed by atoms with van der Waals surface area (Å²) in [5.74, 6) is 0.286. The van der Waals surface area contributed by atoms with Crippen LogP contribution >= 0.6 is 0 Å². The summed E-state index contributed by atoms with van der Waals surface area (Å²) in [5, 5.41) is 15.2. The van der Waals surface area contributed by atoms with Crippen molar-refractivity contribution in [2.24, 2.45) is 0 Å². The van der Waals surface area contributed by atoms with Crippen molar-refractivity contribution in [2.75, 3.05) is 5.32 Å². The number of benzene rings is 3. The molecule has 0 saturated carbocycles. The van der Waals surface area contributed by atoms with Gasteiger partial charge in [-0.2, -0.15) is 4.68 Å². The SMILES string of the molecule is Fc1ccc([C@@H]2C=C(c3ccc(-c4ccccc4)cc3)Nc3nnnn32)cc1. The fourth-order valence-electron chi connectivity index (χ4n) is 3.39. The van der Waals surface area contributed by atoms with Crippen molar-refractivity contribution >= 4 is 11.6 Å². The van der Waals surface area contributed by atoms with Gasteiger partial charge in [-0.05, 0) is 50.9 Å². The number of hydrogen-bond acceptors (Lipinski definition) is 4. The van der Waals surface area contributed by atoms with Gasteiger partial charge in [-0.3, -0.25) is 0 Å². The topological polar surface area (TPSA) is 55.6 Å². The summed E-state index contributed by atoms with van der Waals surface area (Å²) in [6, 6.07) is 24.8. The van der Waals surface area contributed by atoms with Gasteiger partial charge < -0.3 is 5.32 Å². The van der Waals surface area contributed by atoms with Gasteiger partial charge in [0.1, 0.15) is 11.9 Å². The van der Waals surface area contributed by atoms with E-state index in [0.717, 1.165) is 22.4 Å². The fourth-order valence-corrected chi connectivity index (χ4v) is 3.39. The fraction of sp³-hybridized carbons (Fsp3) is 0.0455. The molecule has 4 aromatic rings. The van der Waals surface area contributed by atoms with Gasteiger partial charge >= 0.3 is 0 Å². The lowest BCUT2D eigenvalue weighted by Gasteiger charge is -2.23. The van der Waals surface area contributed by atoms with Crippen LogP contribution in [0.1, 0.15) is 17.2 Å². The molecule has 0 saturated heterocycles. The van der Waals surface area contributed by atoms with Crippen molar-refractivity contribution in [1.82, 2.24) is 20.2 Å². The van der Waals surface area contributed by atoms with E-state index in [4.69, 9.17) is 0 Å². The molecular weight excluding hydrogens is 353 g/mol. The molecule has 1 N–H and O–H groups in total. The monoisotopic (exact) mass is 369 g/mol. The standard InChI is InChI=1S/C22H16FN5/c23-19-12-10-18(11-13-19)21-14-20(24-22-25-26-27-28(21)22)17-8-6-16(7-9-17)15-4-2-1-3-5-15/h1-14,21H,(H,24,25,27)/t21-/m0/s1. The highest BCUT2D eigenvalue weighted by atomic mass is 19.1. The van der Waals surface area contributed by atoms with Crippen molar-refractivity contribution in [3.05, 3.63) is 102 Å². The second kappa shape index (κ2) is 6.74. The Morgan fingerprint density at radius 3 is 2.21 bits per heavy atom. The van der Waals surface area contributed by atoms with Crippen LogP contribution in [0.4, 0.5) is 10.3 Å². The molecule has 1 atom stereocenters. The third-order valence-corrected chi connectivity index (χ3v) is 4.84. The van der Waals surface area contributed by atoms with Crippen LogP contribution in [0.5, 0.6) is 0 Å². The average molecular weight is 369 g/mol. The summed E-state index contributed by atoms with van der Waals surface area (Å²) in [4.78, 5) is 0. The van der Waals surface area contributed by atoms with Crippen LogP contribution in [0.2, 0.25) is 0 Å². The molecule has 0 bridgehead atoms. The molecule has 1 aromatic heterocycles. The maximum atomic E-state index is 13.3. The summed E-state index contributed by atoms with van der Waals surface area (Å²) in [7, 11) is 0. The highest BCUT2D eigenvalue weighted by Crippen LogP contribution is 2.32. The Kier molecular flexibility index (Phi) is 3.94. The van der Waals surface area contributed by atoms with E-state index < -0.39 is 0 Å². The molecule has 136 valence electrons. The van der Waals surface area contributed by atoms with Crippen LogP contribution in [0.25, 0.3) is 16.8 Å². The van der Waals surface area contributed by atoms with Crippen molar-refractivity contribution in [3.63, 3.8) is 0 Å². The van der Waals surface area contributed by atoms with Gasteiger partial charge in [0.05, 0.1) is 0 Å². The van der Waals surface area contributed by atoms with E-state index >= 15 is 0 Å². The average Bonchev–Trinajstić information content (AvgIpc) is 3.23. The van der Waals surface area contributed by atoms with Gasteiger partial charge in [0.2, 0.25) is 5.95 Å². The Hall–Kier alpha value is -3.80. The maximum absolute atomic E-state index is 13.3. The van der Waals surface area contributed by atoms with Crippen LogP contribution < -0.4 is 5.32 Å². The molecular formula is C22H16FN5. The number of halogens is 1. The Bertz CT molecular complexity index is 1130. The zero-order chi connectivity index (χ0) is 18.9. The Balaban J connectivity index is 1.52. The van der Waals surface area contributed by atoms with Crippen LogP contribution in [0.3, 0.4) is 0 Å². The molecule has 0 unspecified atom stereocenters. The molecule has 0 aliphatic carbocycles. The number of fused-ring (bicyclic) bond motifs is 1. The van der Waals surface area contributed by atoms with E-state index in [1.807, 2.05) is 24.3 Å². The first-order chi connectivity index (χ1) is 13.8.